The highest BCUT2D eigenvalue weighted by Crippen LogP contribution is 2.13. The van der Waals surface area contributed by atoms with E-state index in [1.807, 2.05) is 26.8 Å². The van der Waals surface area contributed by atoms with Crippen molar-refractivity contribution in [1.29, 1.82) is 0 Å². The lowest BCUT2D eigenvalue weighted by Crippen LogP contribution is -1.74. The Morgan fingerprint density at radius 2 is 1.86 bits per heavy atom. The molecule has 0 saturated heterocycles. The van der Waals surface area contributed by atoms with E-state index >= 15 is 0 Å². The zero-order chi connectivity index (χ0) is 11.4. The molecule has 14 heavy (non-hydrogen) atoms. The molecule has 1 heterocycles. The predicted octanol–water partition coefficient (Wildman–Crippen LogP) is 4.16. The Hall–Kier alpha value is -1.18. The monoisotopic (exact) mass is 194 g/mol. The highest BCUT2D eigenvalue weighted by Gasteiger charge is 1.89. The lowest BCUT2D eigenvalue weighted by atomic mass is 10.3. The third-order valence-corrected chi connectivity index (χ3v) is 1.18. The van der Waals surface area contributed by atoms with Gasteiger partial charge in [-0.15, -0.1) is 0 Å². The van der Waals surface area contributed by atoms with Crippen molar-refractivity contribution in [1.82, 2.24) is 4.98 Å². The Labute approximate surface area is 88.1 Å². The number of pyridine rings is 1. The van der Waals surface area contributed by atoms with Crippen LogP contribution in [-0.4, -0.2) is 11.7 Å². The van der Waals surface area contributed by atoms with Crippen molar-refractivity contribution in [3.63, 3.8) is 0 Å². The van der Waals surface area contributed by atoms with Gasteiger partial charge in [0.15, 0.2) is 0 Å². The van der Waals surface area contributed by atoms with Gasteiger partial charge in [0.1, 0.15) is 0 Å². The molecule has 2 heteroatoms. The highest BCUT2D eigenvalue weighted by molar-refractivity contribution is 5.48. The first kappa shape index (κ1) is 15.3. The maximum atomic E-state index is 3.88. The molecule has 0 bridgehead atoms. The number of hydrogen-bond acceptors (Lipinski definition) is 2. The van der Waals surface area contributed by atoms with Crippen LogP contribution in [0.5, 0.6) is 0 Å². The van der Waals surface area contributed by atoms with Crippen molar-refractivity contribution in [2.24, 2.45) is 4.99 Å². The molecule has 2 nitrogen and oxygen atoms in total. The van der Waals surface area contributed by atoms with E-state index in [1.165, 1.54) is 6.42 Å². The van der Waals surface area contributed by atoms with Gasteiger partial charge >= 0.3 is 0 Å². The number of hydrogen-bond donors (Lipinski definition) is 0. The van der Waals surface area contributed by atoms with Gasteiger partial charge in [-0.1, -0.05) is 34.1 Å². The topological polar surface area (TPSA) is 25.2 Å². The van der Waals surface area contributed by atoms with E-state index in [2.05, 4.69) is 30.5 Å². The van der Waals surface area contributed by atoms with E-state index in [0.717, 1.165) is 11.3 Å². The maximum Gasteiger partial charge on any atom is 0.0834 e. The van der Waals surface area contributed by atoms with Gasteiger partial charge in [0.25, 0.3) is 0 Å². The Morgan fingerprint density at radius 1 is 1.36 bits per heavy atom. The van der Waals surface area contributed by atoms with Gasteiger partial charge in [0.2, 0.25) is 0 Å². The zero-order valence-electron chi connectivity index (χ0n) is 10.0. The molecular formula is C12H22N2. The van der Waals surface area contributed by atoms with Crippen LogP contribution in [0.2, 0.25) is 0 Å². The Kier molecular flexibility index (Phi) is 12.9. The first-order chi connectivity index (χ1) is 6.76. The van der Waals surface area contributed by atoms with Crippen molar-refractivity contribution in [3.05, 3.63) is 24.0 Å². The van der Waals surface area contributed by atoms with E-state index < -0.39 is 0 Å². The standard InChI is InChI=1S/C7H8N2.C3H8.C2H6/c1-6-3-4-9-5-7(6)8-2;1-3-2;1-2/h3-5H,2H2,1H3;3H2,1-2H3;1-2H3. The van der Waals surface area contributed by atoms with Crippen molar-refractivity contribution in [2.75, 3.05) is 0 Å². The zero-order valence-corrected chi connectivity index (χ0v) is 10.0. The summed E-state index contributed by atoms with van der Waals surface area (Å²) in [5, 5.41) is 0. The summed E-state index contributed by atoms with van der Waals surface area (Å²) in [7, 11) is 0. The molecule has 0 aromatic carbocycles. The number of rotatable bonds is 1. The van der Waals surface area contributed by atoms with Crippen molar-refractivity contribution in [2.45, 2.75) is 41.0 Å². The molecule has 0 fully saturated rings. The third-order valence-electron chi connectivity index (χ3n) is 1.18. The molecule has 0 aliphatic heterocycles. The van der Waals surface area contributed by atoms with E-state index in [9.17, 15) is 0 Å². The smallest absolute Gasteiger partial charge is 0.0834 e. The van der Waals surface area contributed by atoms with Crippen molar-refractivity contribution in [3.8, 4) is 0 Å². The Morgan fingerprint density at radius 3 is 2.14 bits per heavy atom. The summed E-state index contributed by atoms with van der Waals surface area (Å²) in [5.41, 5.74) is 1.97. The van der Waals surface area contributed by atoms with E-state index in [1.54, 1.807) is 12.4 Å². The largest absolute Gasteiger partial charge is 0.263 e. The lowest BCUT2D eigenvalue weighted by Gasteiger charge is -1.93. The number of aromatic nitrogens is 1. The average Bonchev–Trinajstić information content (AvgIpc) is 2.23. The molecule has 0 spiro atoms. The molecule has 0 amide bonds. The molecule has 0 aliphatic rings. The Balaban J connectivity index is 0. The fourth-order valence-corrected chi connectivity index (χ4v) is 0.621. The fourth-order valence-electron chi connectivity index (χ4n) is 0.621. The van der Waals surface area contributed by atoms with Crippen LogP contribution < -0.4 is 0 Å². The van der Waals surface area contributed by atoms with E-state index in [4.69, 9.17) is 0 Å². The van der Waals surface area contributed by atoms with Gasteiger partial charge in [-0.2, -0.15) is 0 Å². The van der Waals surface area contributed by atoms with Crippen LogP contribution in [0.25, 0.3) is 0 Å². The summed E-state index contributed by atoms with van der Waals surface area (Å²) >= 11 is 0. The van der Waals surface area contributed by atoms with Gasteiger partial charge < -0.3 is 0 Å². The fraction of sp³-hybridized carbons (Fsp3) is 0.500. The number of aliphatic imine (C=N–C) groups is 1. The van der Waals surface area contributed by atoms with E-state index in [0.29, 0.717) is 0 Å². The molecule has 0 saturated carbocycles. The molecule has 80 valence electrons. The molecule has 0 atom stereocenters. The summed E-state index contributed by atoms with van der Waals surface area (Å²) in [6, 6.07) is 1.91. The van der Waals surface area contributed by atoms with Crippen LogP contribution in [0.4, 0.5) is 5.69 Å². The minimum Gasteiger partial charge on any atom is -0.263 e. The van der Waals surface area contributed by atoms with Crippen LogP contribution in [0.1, 0.15) is 39.7 Å². The maximum absolute atomic E-state index is 3.88. The molecule has 1 aromatic heterocycles. The second kappa shape index (κ2) is 11.8. The van der Waals surface area contributed by atoms with Crippen molar-refractivity contribution >= 4 is 12.4 Å². The molecule has 1 rings (SSSR count). The third kappa shape index (κ3) is 7.47. The first-order valence-corrected chi connectivity index (χ1v) is 5.13. The van der Waals surface area contributed by atoms with Crippen LogP contribution in [0.15, 0.2) is 23.5 Å². The predicted molar refractivity (Wildman–Crippen MR) is 65.5 cm³/mol. The SMILES string of the molecule is C=Nc1cnccc1C.CC.CCC. The molecule has 0 radical (unpaired) electrons. The van der Waals surface area contributed by atoms with Crippen molar-refractivity contribution < 1.29 is 0 Å². The number of nitrogens with zero attached hydrogens (tertiary/aromatic N) is 2. The quantitative estimate of drug-likeness (QED) is 0.616. The van der Waals surface area contributed by atoms with Gasteiger partial charge in [0, 0.05) is 6.20 Å². The van der Waals surface area contributed by atoms with Crippen LogP contribution >= 0.6 is 0 Å². The van der Waals surface area contributed by atoms with Gasteiger partial charge in [0.05, 0.1) is 11.9 Å². The molecule has 0 unspecified atom stereocenters. The average molecular weight is 194 g/mol. The molecular weight excluding hydrogens is 172 g/mol. The summed E-state index contributed by atoms with van der Waals surface area (Å²) in [6.45, 7) is 13.6. The van der Waals surface area contributed by atoms with Gasteiger partial charge in [-0.3, -0.25) is 9.98 Å². The van der Waals surface area contributed by atoms with Crippen LogP contribution in [-0.2, 0) is 0 Å². The summed E-state index contributed by atoms with van der Waals surface area (Å²) < 4.78 is 0. The normalized spacial score (nSPS) is 7.50. The summed E-state index contributed by atoms with van der Waals surface area (Å²) in [5.74, 6) is 0. The summed E-state index contributed by atoms with van der Waals surface area (Å²) in [4.78, 5) is 7.64. The highest BCUT2D eigenvalue weighted by atomic mass is 14.7. The minimum atomic E-state index is 0.859. The van der Waals surface area contributed by atoms with Gasteiger partial charge in [-0.25, -0.2) is 0 Å². The van der Waals surface area contributed by atoms with E-state index in [-0.39, 0.29) is 0 Å². The minimum absolute atomic E-state index is 0.859. The second-order valence-electron chi connectivity index (χ2n) is 2.53. The Bertz CT molecular complexity index is 232. The molecule has 1 aromatic rings. The first-order valence-electron chi connectivity index (χ1n) is 5.13. The number of aryl methyl sites for hydroxylation is 1. The van der Waals surface area contributed by atoms with Gasteiger partial charge in [-0.05, 0) is 25.3 Å². The summed E-state index contributed by atoms with van der Waals surface area (Å²) in [6.07, 6.45) is 4.69. The van der Waals surface area contributed by atoms with Crippen LogP contribution in [0, 0.1) is 6.92 Å². The lowest BCUT2D eigenvalue weighted by molar-refractivity contribution is 1.09. The molecule has 0 aliphatic carbocycles. The second-order valence-corrected chi connectivity index (χ2v) is 2.53. The molecule has 0 N–H and O–H groups in total. The van der Waals surface area contributed by atoms with Crippen LogP contribution in [0.3, 0.4) is 0 Å².